The van der Waals surface area contributed by atoms with E-state index in [0.717, 1.165) is 32.1 Å². The van der Waals surface area contributed by atoms with Gasteiger partial charge in [-0.1, -0.05) is 40.5 Å². The lowest BCUT2D eigenvalue weighted by Gasteiger charge is -2.20. The maximum absolute atomic E-state index is 5.55. The summed E-state index contributed by atoms with van der Waals surface area (Å²) in [6, 6.07) is 0.695. The fraction of sp³-hybridized carbons (Fsp3) is 1.00. The van der Waals surface area contributed by atoms with Crippen LogP contribution in [0.1, 0.15) is 66.2 Å². The molecule has 0 aromatic heterocycles. The largest absolute Gasteiger partial charge is 0.381 e. The van der Waals surface area contributed by atoms with Crippen LogP contribution in [0.25, 0.3) is 0 Å². The zero-order valence-electron chi connectivity index (χ0n) is 12.4. The van der Waals surface area contributed by atoms with Crippen LogP contribution in [-0.2, 0) is 4.74 Å². The van der Waals surface area contributed by atoms with Crippen molar-refractivity contribution >= 4 is 0 Å². The zero-order valence-corrected chi connectivity index (χ0v) is 12.4. The van der Waals surface area contributed by atoms with Gasteiger partial charge in [0.1, 0.15) is 0 Å². The van der Waals surface area contributed by atoms with Gasteiger partial charge in [-0.15, -0.1) is 0 Å². The molecule has 17 heavy (non-hydrogen) atoms. The number of hydrogen-bond donors (Lipinski definition) is 1. The summed E-state index contributed by atoms with van der Waals surface area (Å²) in [6.45, 7) is 12.0. The van der Waals surface area contributed by atoms with E-state index in [9.17, 15) is 0 Å². The van der Waals surface area contributed by atoms with Gasteiger partial charge in [-0.3, -0.25) is 0 Å². The predicted octanol–water partition coefficient (Wildman–Crippen LogP) is 4.00. The van der Waals surface area contributed by atoms with Crippen LogP contribution in [0.3, 0.4) is 0 Å². The molecular formula is C15H33NO. The van der Waals surface area contributed by atoms with Crippen LogP contribution in [0, 0.1) is 5.92 Å². The van der Waals surface area contributed by atoms with E-state index in [0.29, 0.717) is 6.04 Å². The molecule has 0 heterocycles. The molecule has 0 fully saturated rings. The third-order valence-electron chi connectivity index (χ3n) is 3.42. The fourth-order valence-electron chi connectivity index (χ4n) is 1.88. The summed E-state index contributed by atoms with van der Waals surface area (Å²) in [6.07, 6.45) is 7.40. The zero-order chi connectivity index (χ0) is 12.9. The molecule has 0 spiro atoms. The second-order valence-corrected chi connectivity index (χ2v) is 5.13. The first-order valence-electron chi connectivity index (χ1n) is 7.55. The molecule has 0 saturated heterocycles. The third kappa shape index (κ3) is 10.8. The van der Waals surface area contributed by atoms with Gasteiger partial charge in [-0.25, -0.2) is 0 Å². The molecule has 0 aromatic carbocycles. The topological polar surface area (TPSA) is 21.3 Å². The van der Waals surface area contributed by atoms with Crippen LogP contribution < -0.4 is 5.32 Å². The number of hydrogen-bond acceptors (Lipinski definition) is 2. The van der Waals surface area contributed by atoms with E-state index in [1.807, 2.05) is 0 Å². The summed E-state index contributed by atoms with van der Waals surface area (Å²) in [4.78, 5) is 0. The maximum Gasteiger partial charge on any atom is 0.0478 e. The lowest BCUT2D eigenvalue weighted by molar-refractivity contribution is 0.128. The molecule has 2 nitrogen and oxygen atoms in total. The molecule has 2 heteroatoms. The van der Waals surface area contributed by atoms with Crippen molar-refractivity contribution in [2.24, 2.45) is 5.92 Å². The molecule has 0 aliphatic heterocycles. The highest BCUT2D eigenvalue weighted by molar-refractivity contribution is 4.67. The smallest absolute Gasteiger partial charge is 0.0478 e. The van der Waals surface area contributed by atoms with Gasteiger partial charge >= 0.3 is 0 Å². The summed E-state index contributed by atoms with van der Waals surface area (Å²) in [5.41, 5.74) is 0. The van der Waals surface area contributed by atoms with Crippen LogP contribution in [0.2, 0.25) is 0 Å². The van der Waals surface area contributed by atoms with Crippen molar-refractivity contribution in [3.8, 4) is 0 Å². The van der Waals surface area contributed by atoms with Gasteiger partial charge in [0.15, 0.2) is 0 Å². The summed E-state index contributed by atoms with van der Waals surface area (Å²) in [7, 11) is 0. The minimum Gasteiger partial charge on any atom is -0.381 e. The van der Waals surface area contributed by atoms with E-state index in [-0.39, 0.29) is 0 Å². The molecule has 0 bridgehead atoms. The molecule has 1 N–H and O–H groups in total. The Bertz CT molecular complexity index is 150. The van der Waals surface area contributed by atoms with Gasteiger partial charge in [0.2, 0.25) is 0 Å². The second kappa shape index (κ2) is 12.4. The number of ether oxygens (including phenoxy) is 1. The lowest BCUT2D eigenvalue weighted by Crippen LogP contribution is -2.31. The molecule has 0 saturated carbocycles. The molecule has 0 aliphatic carbocycles. The quantitative estimate of drug-likeness (QED) is 0.523. The lowest BCUT2D eigenvalue weighted by atomic mass is 9.98. The predicted molar refractivity (Wildman–Crippen MR) is 76.5 cm³/mol. The van der Waals surface area contributed by atoms with Crippen LogP contribution in [0.15, 0.2) is 0 Å². The standard InChI is InChI=1S/C15H33NO/c1-5-8-11-17-12-9-10-16-15(7-3)13-14(4)6-2/h14-16H,5-13H2,1-4H3. The first-order valence-corrected chi connectivity index (χ1v) is 7.55. The van der Waals surface area contributed by atoms with Gasteiger partial charge in [-0.05, 0) is 38.1 Å². The van der Waals surface area contributed by atoms with Crippen molar-refractivity contribution < 1.29 is 4.74 Å². The van der Waals surface area contributed by atoms with Crippen LogP contribution in [-0.4, -0.2) is 25.8 Å². The van der Waals surface area contributed by atoms with Gasteiger partial charge in [0, 0.05) is 19.3 Å². The van der Waals surface area contributed by atoms with Crippen molar-refractivity contribution in [1.82, 2.24) is 5.32 Å². The van der Waals surface area contributed by atoms with Gasteiger partial charge < -0.3 is 10.1 Å². The Morgan fingerprint density at radius 2 is 1.71 bits per heavy atom. The summed E-state index contributed by atoms with van der Waals surface area (Å²) in [5, 5.41) is 3.65. The van der Waals surface area contributed by atoms with Crippen molar-refractivity contribution in [3.05, 3.63) is 0 Å². The van der Waals surface area contributed by atoms with Crippen molar-refractivity contribution in [2.75, 3.05) is 19.8 Å². The Kier molecular flexibility index (Phi) is 12.3. The minimum absolute atomic E-state index is 0.695. The van der Waals surface area contributed by atoms with Gasteiger partial charge in [0.25, 0.3) is 0 Å². The van der Waals surface area contributed by atoms with Crippen molar-refractivity contribution in [1.29, 1.82) is 0 Å². The molecule has 0 amide bonds. The molecule has 2 atom stereocenters. The van der Waals surface area contributed by atoms with Crippen LogP contribution in [0.5, 0.6) is 0 Å². The highest BCUT2D eigenvalue weighted by atomic mass is 16.5. The molecule has 0 aliphatic rings. The fourth-order valence-corrected chi connectivity index (χ4v) is 1.88. The summed E-state index contributed by atoms with van der Waals surface area (Å²) in [5.74, 6) is 0.841. The molecular weight excluding hydrogens is 210 g/mol. The number of rotatable bonds is 12. The molecule has 2 unspecified atom stereocenters. The third-order valence-corrected chi connectivity index (χ3v) is 3.42. The second-order valence-electron chi connectivity index (χ2n) is 5.13. The first kappa shape index (κ1) is 16.9. The van der Waals surface area contributed by atoms with E-state index in [1.165, 1.54) is 32.1 Å². The summed E-state index contributed by atoms with van der Waals surface area (Å²) < 4.78 is 5.55. The molecule has 0 radical (unpaired) electrons. The van der Waals surface area contributed by atoms with Crippen molar-refractivity contribution in [3.63, 3.8) is 0 Å². The van der Waals surface area contributed by atoms with Crippen LogP contribution in [0.4, 0.5) is 0 Å². The van der Waals surface area contributed by atoms with Gasteiger partial charge in [-0.2, -0.15) is 0 Å². The maximum atomic E-state index is 5.55. The molecule has 0 rings (SSSR count). The Labute approximate surface area is 109 Å². The SMILES string of the molecule is CCCCOCCCNC(CC)CC(C)CC. The average molecular weight is 243 g/mol. The van der Waals surface area contributed by atoms with Crippen LogP contribution >= 0.6 is 0 Å². The number of nitrogens with one attached hydrogen (secondary N) is 1. The van der Waals surface area contributed by atoms with Gasteiger partial charge in [0.05, 0.1) is 0 Å². The van der Waals surface area contributed by atoms with E-state index in [1.54, 1.807) is 0 Å². The monoisotopic (exact) mass is 243 g/mol. The first-order chi connectivity index (χ1) is 8.24. The Hall–Kier alpha value is -0.0800. The molecule has 0 aromatic rings. The van der Waals surface area contributed by atoms with Crippen molar-refractivity contribution in [2.45, 2.75) is 72.3 Å². The van der Waals surface area contributed by atoms with E-state index >= 15 is 0 Å². The molecule has 104 valence electrons. The number of unbranched alkanes of at least 4 members (excludes halogenated alkanes) is 1. The van der Waals surface area contributed by atoms with E-state index in [4.69, 9.17) is 4.74 Å². The Morgan fingerprint density at radius 1 is 1.00 bits per heavy atom. The summed E-state index contributed by atoms with van der Waals surface area (Å²) >= 11 is 0. The Balaban J connectivity index is 3.37. The normalized spacial score (nSPS) is 14.8. The average Bonchev–Trinajstić information content (AvgIpc) is 2.35. The highest BCUT2D eigenvalue weighted by Crippen LogP contribution is 2.11. The highest BCUT2D eigenvalue weighted by Gasteiger charge is 2.08. The van der Waals surface area contributed by atoms with E-state index < -0.39 is 0 Å². The minimum atomic E-state index is 0.695. The Morgan fingerprint density at radius 3 is 2.29 bits per heavy atom. The van der Waals surface area contributed by atoms with E-state index in [2.05, 4.69) is 33.0 Å².